The zero-order valence-electron chi connectivity index (χ0n) is 16.6. The lowest BCUT2D eigenvalue weighted by atomic mass is 10.0. The predicted molar refractivity (Wildman–Crippen MR) is 114 cm³/mol. The van der Waals surface area contributed by atoms with Gasteiger partial charge in [-0.1, -0.05) is 47.2 Å². The van der Waals surface area contributed by atoms with Gasteiger partial charge in [0.25, 0.3) is 15.9 Å². The minimum Gasteiger partial charge on any atom is -0.296 e. The fraction of sp³-hybridized carbons (Fsp3) is 0.250. The second kappa shape index (κ2) is 8.40. The molecule has 0 saturated carbocycles. The van der Waals surface area contributed by atoms with Gasteiger partial charge in [0, 0.05) is 11.6 Å². The van der Waals surface area contributed by atoms with Crippen molar-refractivity contribution >= 4 is 32.4 Å². The van der Waals surface area contributed by atoms with Crippen LogP contribution in [-0.4, -0.2) is 24.5 Å². The highest BCUT2D eigenvalue weighted by molar-refractivity contribution is 7.91. The van der Waals surface area contributed by atoms with Crippen LogP contribution in [0.3, 0.4) is 0 Å². The van der Waals surface area contributed by atoms with Crippen molar-refractivity contribution in [3.05, 3.63) is 70.3 Å². The van der Waals surface area contributed by atoms with Gasteiger partial charge in [0.1, 0.15) is 0 Å². The Morgan fingerprint density at radius 3 is 2.48 bits per heavy atom. The summed E-state index contributed by atoms with van der Waals surface area (Å²) in [5.41, 5.74) is 4.50. The zero-order valence-corrected chi connectivity index (χ0v) is 18.2. The predicted octanol–water partition coefficient (Wildman–Crippen LogP) is 3.76. The van der Waals surface area contributed by atoms with Crippen LogP contribution in [0, 0.1) is 20.8 Å². The molecular formula is C20H22N4O3S2. The van der Waals surface area contributed by atoms with Crippen LogP contribution in [0.1, 0.15) is 45.6 Å². The van der Waals surface area contributed by atoms with Crippen molar-refractivity contribution in [1.29, 1.82) is 0 Å². The van der Waals surface area contributed by atoms with Crippen molar-refractivity contribution in [1.82, 2.24) is 14.9 Å². The highest BCUT2D eigenvalue weighted by atomic mass is 32.2. The SMILES string of the molecule is Cc1cccc(C(=O)Nc2nnc(S(=O)(=O)N[C@H](C)c3ccc(C)c(C)c3)s2)c1. The van der Waals surface area contributed by atoms with E-state index in [1.807, 2.05) is 45.0 Å². The van der Waals surface area contributed by atoms with E-state index >= 15 is 0 Å². The molecule has 1 atom stereocenters. The standard InChI is InChI=1S/C20H22N4O3S2/c1-12-6-5-7-17(10-12)18(25)21-19-22-23-20(28-19)29(26,27)24-15(4)16-9-8-13(2)14(3)11-16/h5-11,15,24H,1-4H3,(H,21,22,25)/t15-/m1/s1. The number of aromatic nitrogens is 2. The molecule has 3 rings (SSSR count). The molecule has 7 nitrogen and oxygen atoms in total. The van der Waals surface area contributed by atoms with Crippen LogP contribution < -0.4 is 10.0 Å². The topological polar surface area (TPSA) is 101 Å². The van der Waals surface area contributed by atoms with Crippen molar-refractivity contribution in [3.63, 3.8) is 0 Å². The summed E-state index contributed by atoms with van der Waals surface area (Å²) < 4.78 is 27.7. The van der Waals surface area contributed by atoms with Crippen LogP contribution in [-0.2, 0) is 10.0 Å². The van der Waals surface area contributed by atoms with E-state index in [0.717, 1.165) is 33.6 Å². The number of amides is 1. The number of aryl methyl sites for hydroxylation is 3. The highest BCUT2D eigenvalue weighted by Gasteiger charge is 2.24. The second-order valence-corrected chi connectivity index (χ2v) is 9.75. The Bertz CT molecular complexity index is 1160. The molecule has 0 aliphatic heterocycles. The molecule has 2 N–H and O–H groups in total. The molecule has 0 fully saturated rings. The lowest BCUT2D eigenvalue weighted by Gasteiger charge is -2.14. The van der Waals surface area contributed by atoms with Gasteiger partial charge < -0.3 is 0 Å². The first-order valence-electron chi connectivity index (χ1n) is 8.97. The molecule has 0 unspecified atom stereocenters. The first kappa shape index (κ1) is 21.1. The van der Waals surface area contributed by atoms with Crippen molar-refractivity contribution in [2.75, 3.05) is 5.32 Å². The summed E-state index contributed by atoms with van der Waals surface area (Å²) >= 11 is 0.805. The van der Waals surface area contributed by atoms with Gasteiger partial charge in [-0.25, -0.2) is 13.1 Å². The van der Waals surface area contributed by atoms with Gasteiger partial charge in [-0.05, 0) is 56.5 Å². The number of carbonyl (C=O) groups excluding carboxylic acids is 1. The average molecular weight is 431 g/mol. The molecule has 0 spiro atoms. The van der Waals surface area contributed by atoms with Crippen LogP contribution in [0.15, 0.2) is 46.8 Å². The van der Waals surface area contributed by atoms with Crippen LogP contribution in [0.5, 0.6) is 0 Å². The van der Waals surface area contributed by atoms with Crippen molar-refractivity contribution < 1.29 is 13.2 Å². The van der Waals surface area contributed by atoms with E-state index in [1.165, 1.54) is 0 Å². The van der Waals surface area contributed by atoms with Gasteiger partial charge in [-0.3, -0.25) is 10.1 Å². The molecule has 3 aromatic rings. The number of nitrogens with zero attached hydrogens (tertiary/aromatic N) is 2. The van der Waals surface area contributed by atoms with Gasteiger partial charge in [-0.2, -0.15) is 0 Å². The van der Waals surface area contributed by atoms with E-state index < -0.39 is 16.1 Å². The molecule has 0 radical (unpaired) electrons. The van der Waals surface area contributed by atoms with E-state index in [2.05, 4.69) is 20.2 Å². The third-order valence-electron chi connectivity index (χ3n) is 4.50. The average Bonchev–Trinajstić information content (AvgIpc) is 3.13. The summed E-state index contributed by atoms with van der Waals surface area (Å²) in [6.07, 6.45) is 0. The van der Waals surface area contributed by atoms with Gasteiger partial charge in [0.05, 0.1) is 0 Å². The first-order chi connectivity index (χ1) is 13.7. The summed E-state index contributed by atoms with van der Waals surface area (Å²) in [6.45, 7) is 7.63. The van der Waals surface area contributed by atoms with E-state index in [9.17, 15) is 13.2 Å². The van der Waals surface area contributed by atoms with Crippen molar-refractivity contribution in [2.24, 2.45) is 0 Å². The van der Waals surface area contributed by atoms with Gasteiger partial charge in [0.15, 0.2) is 0 Å². The first-order valence-corrected chi connectivity index (χ1v) is 11.3. The number of hydrogen-bond donors (Lipinski definition) is 2. The van der Waals surface area contributed by atoms with Crippen LogP contribution >= 0.6 is 11.3 Å². The summed E-state index contributed by atoms with van der Waals surface area (Å²) in [5, 5.41) is 10.2. The van der Waals surface area contributed by atoms with Crippen LogP contribution in [0.25, 0.3) is 0 Å². The van der Waals surface area contributed by atoms with E-state index in [-0.39, 0.29) is 15.4 Å². The maximum Gasteiger partial charge on any atom is 0.270 e. The molecule has 9 heteroatoms. The zero-order chi connectivity index (χ0) is 21.2. The van der Waals surface area contributed by atoms with Gasteiger partial charge in [-0.15, -0.1) is 10.2 Å². The molecule has 0 aliphatic carbocycles. The number of nitrogens with one attached hydrogen (secondary N) is 2. The van der Waals surface area contributed by atoms with Gasteiger partial charge in [0.2, 0.25) is 9.47 Å². The van der Waals surface area contributed by atoms with Crippen LogP contribution in [0.4, 0.5) is 5.13 Å². The molecule has 0 aliphatic rings. The number of sulfonamides is 1. The maximum absolute atomic E-state index is 12.7. The Morgan fingerprint density at radius 2 is 1.79 bits per heavy atom. The van der Waals surface area contributed by atoms with E-state index in [4.69, 9.17) is 0 Å². The Kier molecular flexibility index (Phi) is 6.11. The monoisotopic (exact) mass is 430 g/mol. The third kappa shape index (κ3) is 5.06. The third-order valence-corrected chi connectivity index (χ3v) is 7.25. The number of carbonyl (C=O) groups is 1. The number of anilines is 1. The fourth-order valence-corrected chi connectivity index (χ4v) is 4.85. The van der Waals surface area contributed by atoms with Crippen molar-refractivity contribution in [3.8, 4) is 0 Å². The van der Waals surface area contributed by atoms with Crippen LogP contribution in [0.2, 0.25) is 0 Å². The minimum atomic E-state index is -3.87. The molecule has 0 bridgehead atoms. The van der Waals surface area contributed by atoms with Gasteiger partial charge >= 0.3 is 0 Å². The Labute approximate surface area is 174 Å². The molecule has 1 heterocycles. The highest BCUT2D eigenvalue weighted by Crippen LogP contribution is 2.24. The minimum absolute atomic E-state index is 0.121. The molecular weight excluding hydrogens is 408 g/mol. The quantitative estimate of drug-likeness (QED) is 0.580. The Balaban J connectivity index is 1.72. The second-order valence-electron chi connectivity index (χ2n) is 6.88. The molecule has 29 heavy (non-hydrogen) atoms. The molecule has 2 aromatic carbocycles. The largest absolute Gasteiger partial charge is 0.296 e. The number of hydrogen-bond acceptors (Lipinski definition) is 6. The summed E-state index contributed by atoms with van der Waals surface area (Å²) in [4.78, 5) is 12.3. The maximum atomic E-state index is 12.7. The lowest BCUT2D eigenvalue weighted by molar-refractivity contribution is 0.102. The Hall–Kier alpha value is -2.62. The van der Waals surface area contributed by atoms with Crippen molar-refractivity contribution in [2.45, 2.75) is 38.1 Å². The fourth-order valence-electron chi connectivity index (χ4n) is 2.71. The molecule has 1 aromatic heterocycles. The number of benzene rings is 2. The molecule has 152 valence electrons. The summed E-state index contributed by atoms with van der Waals surface area (Å²) in [5.74, 6) is -0.370. The summed E-state index contributed by atoms with van der Waals surface area (Å²) in [7, 11) is -3.87. The number of rotatable bonds is 6. The summed E-state index contributed by atoms with van der Waals surface area (Å²) in [6, 6.07) is 12.4. The smallest absolute Gasteiger partial charge is 0.270 e. The normalized spacial score (nSPS) is 12.6. The van der Waals surface area contributed by atoms with E-state index in [0.29, 0.717) is 5.56 Å². The molecule has 0 saturated heterocycles. The Morgan fingerprint density at radius 1 is 1.03 bits per heavy atom. The lowest BCUT2D eigenvalue weighted by Crippen LogP contribution is -2.26. The molecule has 1 amide bonds. The van der Waals surface area contributed by atoms with E-state index in [1.54, 1.807) is 25.1 Å².